The largest absolute Gasteiger partial charge is 0.452 e. The number of hydrogen-bond donors (Lipinski definition) is 0. The summed E-state index contributed by atoms with van der Waals surface area (Å²) < 4.78 is 10.7. The van der Waals surface area contributed by atoms with Crippen molar-refractivity contribution in [3.63, 3.8) is 0 Å². The number of benzene rings is 1. The number of ether oxygens (including phenoxy) is 2. The molecule has 3 rings (SSSR count). The van der Waals surface area contributed by atoms with Crippen LogP contribution in [0.1, 0.15) is 29.3 Å². The molecule has 1 aromatic heterocycles. The van der Waals surface area contributed by atoms with Gasteiger partial charge in [-0.25, -0.2) is 0 Å². The highest BCUT2D eigenvalue weighted by Crippen LogP contribution is 2.34. The average Bonchev–Trinajstić information content (AvgIpc) is 2.84. The number of carbonyl (C=O) groups is 2. The standard InChI is InChI=1S/C17H13NO4/c1-2-16(19)21-12-5-6-13-14(9-12)22-15(17(13)20)8-11-4-3-7-18-10-11/h3-10H,2H2,1H3/b15-8-. The molecule has 0 unspecified atom stereocenters. The van der Waals surface area contributed by atoms with Gasteiger partial charge in [-0.1, -0.05) is 13.0 Å². The van der Waals surface area contributed by atoms with Crippen LogP contribution in [0.15, 0.2) is 48.5 Å². The third kappa shape index (κ3) is 2.74. The van der Waals surface area contributed by atoms with Gasteiger partial charge in [-0.15, -0.1) is 0 Å². The first-order valence-electron chi connectivity index (χ1n) is 6.86. The SMILES string of the molecule is CCC(=O)Oc1ccc2c(c1)O/C(=C\c1cccnc1)C2=O. The number of esters is 1. The fourth-order valence-electron chi connectivity index (χ4n) is 2.05. The van der Waals surface area contributed by atoms with Crippen LogP contribution < -0.4 is 9.47 Å². The second-order valence-corrected chi connectivity index (χ2v) is 4.71. The van der Waals surface area contributed by atoms with E-state index in [1.54, 1.807) is 49.7 Å². The number of nitrogens with zero attached hydrogens (tertiary/aromatic N) is 1. The van der Waals surface area contributed by atoms with Gasteiger partial charge in [0, 0.05) is 24.9 Å². The molecule has 0 atom stereocenters. The predicted octanol–water partition coefficient (Wildman–Crippen LogP) is 3.01. The average molecular weight is 295 g/mol. The molecule has 0 aliphatic carbocycles. The lowest BCUT2D eigenvalue weighted by atomic mass is 10.1. The molecule has 0 radical (unpaired) electrons. The predicted molar refractivity (Wildman–Crippen MR) is 79.5 cm³/mol. The minimum absolute atomic E-state index is 0.202. The van der Waals surface area contributed by atoms with Crippen molar-refractivity contribution in [3.05, 3.63) is 59.6 Å². The molecular formula is C17H13NO4. The molecule has 5 nitrogen and oxygen atoms in total. The Labute approximate surface area is 127 Å². The Hall–Kier alpha value is -2.95. The zero-order chi connectivity index (χ0) is 15.5. The molecule has 1 aliphatic heterocycles. The van der Waals surface area contributed by atoms with E-state index in [0.29, 0.717) is 17.1 Å². The lowest BCUT2D eigenvalue weighted by Crippen LogP contribution is -2.05. The fourth-order valence-corrected chi connectivity index (χ4v) is 2.05. The van der Waals surface area contributed by atoms with E-state index in [1.807, 2.05) is 6.07 Å². The van der Waals surface area contributed by atoms with Crippen molar-refractivity contribution in [3.8, 4) is 11.5 Å². The van der Waals surface area contributed by atoms with Crippen LogP contribution in [0.2, 0.25) is 0 Å². The quantitative estimate of drug-likeness (QED) is 0.495. The molecule has 0 bridgehead atoms. The van der Waals surface area contributed by atoms with Crippen LogP contribution in [0.4, 0.5) is 0 Å². The molecule has 110 valence electrons. The van der Waals surface area contributed by atoms with Crippen molar-refractivity contribution in [1.82, 2.24) is 4.98 Å². The summed E-state index contributed by atoms with van der Waals surface area (Å²) in [5, 5.41) is 0. The molecule has 0 saturated carbocycles. The molecule has 22 heavy (non-hydrogen) atoms. The van der Waals surface area contributed by atoms with E-state index in [-0.39, 0.29) is 23.9 Å². The first kappa shape index (κ1) is 14.0. The fraction of sp³-hybridized carbons (Fsp3) is 0.118. The third-order valence-corrected chi connectivity index (χ3v) is 3.14. The lowest BCUT2D eigenvalue weighted by Gasteiger charge is -2.03. The van der Waals surface area contributed by atoms with Crippen LogP contribution in [0.3, 0.4) is 0 Å². The van der Waals surface area contributed by atoms with Gasteiger partial charge in [0.05, 0.1) is 5.56 Å². The summed E-state index contributed by atoms with van der Waals surface area (Å²) in [4.78, 5) is 27.6. The van der Waals surface area contributed by atoms with Crippen molar-refractivity contribution in [2.45, 2.75) is 13.3 Å². The number of carbonyl (C=O) groups excluding carboxylic acids is 2. The van der Waals surface area contributed by atoms with E-state index in [0.717, 1.165) is 5.56 Å². The van der Waals surface area contributed by atoms with Crippen LogP contribution in [-0.4, -0.2) is 16.7 Å². The monoisotopic (exact) mass is 295 g/mol. The molecule has 1 aliphatic rings. The first-order valence-corrected chi connectivity index (χ1v) is 6.86. The van der Waals surface area contributed by atoms with Gasteiger partial charge < -0.3 is 9.47 Å². The topological polar surface area (TPSA) is 65.5 Å². The van der Waals surface area contributed by atoms with Crippen LogP contribution >= 0.6 is 0 Å². The van der Waals surface area contributed by atoms with Crippen molar-refractivity contribution in [1.29, 1.82) is 0 Å². The van der Waals surface area contributed by atoms with E-state index < -0.39 is 0 Å². The van der Waals surface area contributed by atoms with Gasteiger partial charge in [-0.2, -0.15) is 0 Å². The summed E-state index contributed by atoms with van der Waals surface area (Å²) in [6.45, 7) is 1.71. The minimum atomic E-state index is -0.338. The van der Waals surface area contributed by atoms with E-state index in [2.05, 4.69) is 4.98 Å². The number of ketones is 1. The van der Waals surface area contributed by atoms with E-state index in [1.165, 1.54) is 0 Å². The Balaban J connectivity index is 1.87. The third-order valence-electron chi connectivity index (χ3n) is 3.14. The highest BCUT2D eigenvalue weighted by atomic mass is 16.5. The minimum Gasteiger partial charge on any atom is -0.452 e. The smallest absolute Gasteiger partial charge is 0.310 e. The second kappa shape index (κ2) is 5.81. The normalized spacial score (nSPS) is 14.6. The number of pyridine rings is 1. The number of rotatable bonds is 3. The molecule has 0 spiro atoms. The number of allylic oxidation sites excluding steroid dienone is 1. The molecule has 1 aromatic carbocycles. The number of hydrogen-bond acceptors (Lipinski definition) is 5. The summed E-state index contributed by atoms with van der Waals surface area (Å²) >= 11 is 0. The van der Waals surface area contributed by atoms with Crippen LogP contribution in [0, 0.1) is 0 Å². The Kier molecular flexibility index (Phi) is 3.70. The Morgan fingerprint density at radius 2 is 2.23 bits per heavy atom. The molecule has 0 fully saturated rings. The van der Waals surface area contributed by atoms with E-state index >= 15 is 0 Å². The molecular weight excluding hydrogens is 282 g/mol. The molecule has 0 N–H and O–H groups in total. The maximum absolute atomic E-state index is 12.3. The van der Waals surface area contributed by atoms with Gasteiger partial charge in [0.2, 0.25) is 5.78 Å². The molecule has 0 amide bonds. The maximum Gasteiger partial charge on any atom is 0.310 e. The van der Waals surface area contributed by atoms with Gasteiger partial charge in [0.15, 0.2) is 5.76 Å². The lowest BCUT2D eigenvalue weighted by molar-refractivity contribution is -0.134. The molecule has 0 saturated heterocycles. The highest BCUT2D eigenvalue weighted by molar-refractivity contribution is 6.14. The molecule has 2 heterocycles. The van der Waals surface area contributed by atoms with Crippen LogP contribution in [0.25, 0.3) is 6.08 Å². The van der Waals surface area contributed by atoms with Crippen molar-refractivity contribution < 1.29 is 19.1 Å². The summed E-state index contributed by atoms with van der Waals surface area (Å²) in [6, 6.07) is 8.33. The summed E-state index contributed by atoms with van der Waals surface area (Å²) in [7, 11) is 0. The summed E-state index contributed by atoms with van der Waals surface area (Å²) in [6.07, 6.45) is 5.21. The number of Topliss-reactive ketones (excluding diaryl/α,β-unsaturated/α-hetero) is 1. The Morgan fingerprint density at radius 1 is 1.36 bits per heavy atom. The zero-order valence-corrected chi connectivity index (χ0v) is 11.9. The summed E-state index contributed by atoms with van der Waals surface area (Å²) in [5.74, 6) is 0.437. The van der Waals surface area contributed by atoms with Gasteiger partial charge in [0.1, 0.15) is 11.5 Å². The number of fused-ring (bicyclic) bond motifs is 1. The highest BCUT2D eigenvalue weighted by Gasteiger charge is 2.27. The van der Waals surface area contributed by atoms with E-state index in [4.69, 9.17) is 9.47 Å². The molecule has 2 aromatic rings. The van der Waals surface area contributed by atoms with Crippen molar-refractivity contribution >= 4 is 17.8 Å². The summed E-state index contributed by atoms with van der Waals surface area (Å²) in [5.41, 5.74) is 1.22. The van der Waals surface area contributed by atoms with Crippen LogP contribution in [0.5, 0.6) is 11.5 Å². The van der Waals surface area contributed by atoms with E-state index in [9.17, 15) is 9.59 Å². The first-order chi connectivity index (χ1) is 10.7. The Bertz CT molecular complexity index is 765. The zero-order valence-electron chi connectivity index (χ0n) is 11.9. The second-order valence-electron chi connectivity index (χ2n) is 4.71. The number of aromatic nitrogens is 1. The van der Waals surface area contributed by atoms with Gasteiger partial charge >= 0.3 is 5.97 Å². The van der Waals surface area contributed by atoms with Crippen molar-refractivity contribution in [2.75, 3.05) is 0 Å². The van der Waals surface area contributed by atoms with Crippen molar-refractivity contribution in [2.24, 2.45) is 0 Å². The molecule has 5 heteroatoms. The van der Waals surface area contributed by atoms with Crippen LogP contribution in [-0.2, 0) is 4.79 Å². The van der Waals surface area contributed by atoms with Gasteiger partial charge in [-0.05, 0) is 29.8 Å². The van der Waals surface area contributed by atoms with Gasteiger partial charge in [0.25, 0.3) is 0 Å². The van der Waals surface area contributed by atoms with Gasteiger partial charge in [-0.3, -0.25) is 14.6 Å². The Morgan fingerprint density at radius 3 is 2.95 bits per heavy atom. The maximum atomic E-state index is 12.3.